The molecule has 102 valence electrons. The summed E-state index contributed by atoms with van der Waals surface area (Å²) in [6.07, 6.45) is 2.59. The van der Waals surface area contributed by atoms with Gasteiger partial charge in [0.25, 0.3) is 0 Å². The van der Waals surface area contributed by atoms with Crippen LogP contribution in [-0.2, 0) is 13.0 Å². The van der Waals surface area contributed by atoms with Gasteiger partial charge in [-0.25, -0.2) is 4.79 Å². The Morgan fingerprint density at radius 3 is 2.80 bits per heavy atom. The van der Waals surface area contributed by atoms with E-state index in [1.807, 2.05) is 23.8 Å². The van der Waals surface area contributed by atoms with E-state index in [0.29, 0.717) is 24.7 Å². The number of aromatic nitrogens is 3. The SMILES string of the molecule is CCc1nnc(Cn2ccc3cc(C(=O)O)ccc32)o1. The Hall–Kier alpha value is -2.63. The molecule has 3 aromatic rings. The van der Waals surface area contributed by atoms with Crippen LogP contribution in [0.25, 0.3) is 10.9 Å². The lowest BCUT2D eigenvalue weighted by molar-refractivity contribution is 0.0697. The van der Waals surface area contributed by atoms with E-state index in [0.717, 1.165) is 10.9 Å². The molecule has 0 bridgehead atoms. The van der Waals surface area contributed by atoms with E-state index in [2.05, 4.69) is 10.2 Å². The summed E-state index contributed by atoms with van der Waals surface area (Å²) in [4.78, 5) is 10.9. The fourth-order valence-corrected chi connectivity index (χ4v) is 2.11. The molecular weight excluding hydrogens is 258 g/mol. The van der Waals surface area contributed by atoms with Crippen LogP contribution in [0, 0.1) is 0 Å². The minimum atomic E-state index is -0.927. The first kappa shape index (κ1) is 12.4. The second-order valence-corrected chi connectivity index (χ2v) is 4.47. The van der Waals surface area contributed by atoms with Crippen LogP contribution in [0.5, 0.6) is 0 Å². The van der Waals surface area contributed by atoms with Crippen molar-refractivity contribution >= 4 is 16.9 Å². The zero-order valence-electron chi connectivity index (χ0n) is 10.9. The van der Waals surface area contributed by atoms with Gasteiger partial charge in [0, 0.05) is 23.5 Å². The lowest BCUT2D eigenvalue weighted by atomic mass is 10.1. The lowest BCUT2D eigenvalue weighted by Gasteiger charge is -2.02. The van der Waals surface area contributed by atoms with Crippen molar-refractivity contribution in [3.63, 3.8) is 0 Å². The number of benzene rings is 1. The highest BCUT2D eigenvalue weighted by Gasteiger charge is 2.09. The highest BCUT2D eigenvalue weighted by atomic mass is 16.4. The number of nitrogens with zero attached hydrogens (tertiary/aromatic N) is 3. The zero-order valence-corrected chi connectivity index (χ0v) is 10.9. The van der Waals surface area contributed by atoms with E-state index in [9.17, 15) is 4.79 Å². The maximum Gasteiger partial charge on any atom is 0.335 e. The van der Waals surface area contributed by atoms with E-state index in [-0.39, 0.29) is 5.56 Å². The van der Waals surface area contributed by atoms with Crippen molar-refractivity contribution in [2.45, 2.75) is 19.9 Å². The number of rotatable bonds is 4. The molecule has 0 aliphatic carbocycles. The van der Waals surface area contributed by atoms with Crippen LogP contribution in [-0.4, -0.2) is 25.8 Å². The van der Waals surface area contributed by atoms with Gasteiger partial charge in [0.2, 0.25) is 11.8 Å². The van der Waals surface area contributed by atoms with Gasteiger partial charge in [-0.2, -0.15) is 0 Å². The van der Waals surface area contributed by atoms with Crippen molar-refractivity contribution in [2.75, 3.05) is 0 Å². The second kappa shape index (κ2) is 4.80. The Morgan fingerprint density at radius 1 is 1.30 bits per heavy atom. The normalized spacial score (nSPS) is 11.1. The Labute approximate surface area is 114 Å². The van der Waals surface area contributed by atoms with Crippen molar-refractivity contribution in [2.24, 2.45) is 0 Å². The Bertz CT molecular complexity index is 773. The Morgan fingerprint density at radius 2 is 2.10 bits per heavy atom. The molecule has 1 aromatic carbocycles. The number of carboxylic acid groups (broad SMARTS) is 1. The number of carboxylic acids is 1. The summed E-state index contributed by atoms with van der Waals surface area (Å²) in [6.45, 7) is 2.43. The third kappa shape index (κ3) is 2.16. The second-order valence-electron chi connectivity index (χ2n) is 4.47. The molecule has 0 fully saturated rings. The highest BCUT2D eigenvalue weighted by Crippen LogP contribution is 2.19. The predicted octanol–water partition coefficient (Wildman–Crippen LogP) is 2.33. The molecule has 6 nitrogen and oxygen atoms in total. The van der Waals surface area contributed by atoms with E-state index in [1.165, 1.54) is 0 Å². The molecule has 0 aliphatic rings. The van der Waals surface area contributed by atoms with Crippen molar-refractivity contribution in [1.82, 2.24) is 14.8 Å². The van der Waals surface area contributed by atoms with Gasteiger partial charge >= 0.3 is 5.97 Å². The van der Waals surface area contributed by atoms with Crippen LogP contribution < -0.4 is 0 Å². The summed E-state index contributed by atoms with van der Waals surface area (Å²) < 4.78 is 7.43. The number of aromatic carboxylic acids is 1. The average Bonchev–Trinajstić information content (AvgIpc) is 3.06. The third-order valence-corrected chi connectivity index (χ3v) is 3.13. The summed E-state index contributed by atoms with van der Waals surface area (Å²) in [5.41, 5.74) is 1.22. The maximum atomic E-state index is 10.9. The van der Waals surface area contributed by atoms with E-state index in [4.69, 9.17) is 9.52 Å². The fourth-order valence-electron chi connectivity index (χ4n) is 2.11. The van der Waals surface area contributed by atoms with Crippen LogP contribution in [0.4, 0.5) is 0 Å². The lowest BCUT2D eigenvalue weighted by Crippen LogP contribution is -1.99. The summed E-state index contributed by atoms with van der Waals surface area (Å²) in [7, 11) is 0. The minimum Gasteiger partial charge on any atom is -0.478 e. The summed E-state index contributed by atoms with van der Waals surface area (Å²) in [6, 6.07) is 6.90. The van der Waals surface area contributed by atoms with E-state index in [1.54, 1.807) is 18.2 Å². The van der Waals surface area contributed by atoms with Crippen LogP contribution in [0.3, 0.4) is 0 Å². The molecule has 0 radical (unpaired) electrons. The van der Waals surface area contributed by atoms with Gasteiger partial charge in [0.05, 0.1) is 5.56 Å². The molecule has 3 rings (SSSR count). The largest absolute Gasteiger partial charge is 0.478 e. The molecule has 2 heterocycles. The molecule has 2 aromatic heterocycles. The quantitative estimate of drug-likeness (QED) is 0.787. The molecular formula is C14H13N3O3. The average molecular weight is 271 g/mol. The molecule has 0 atom stereocenters. The van der Waals surface area contributed by atoms with Gasteiger partial charge in [0.15, 0.2) is 0 Å². The molecule has 6 heteroatoms. The molecule has 20 heavy (non-hydrogen) atoms. The van der Waals surface area contributed by atoms with Crippen LogP contribution in [0.15, 0.2) is 34.9 Å². The summed E-state index contributed by atoms with van der Waals surface area (Å²) in [5, 5.41) is 17.8. The van der Waals surface area contributed by atoms with E-state index >= 15 is 0 Å². The first-order chi connectivity index (χ1) is 9.67. The van der Waals surface area contributed by atoms with Crippen LogP contribution in [0.1, 0.15) is 29.1 Å². The maximum absolute atomic E-state index is 10.9. The van der Waals surface area contributed by atoms with Gasteiger partial charge in [-0.05, 0) is 24.3 Å². The number of hydrogen-bond donors (Lipinski definition) is 1. The van der Waals surface area contributed by atoms with Gasteiger partial charge < -0.3 is 14.1 Å². The smallest absolute Gasteiger partial charge is 0.335 e. The minimum absolute atomic E-state index is 0.279. The van der Waals surface area contributed by atoms with E-state index < -0.39 is 5.97 Å². The molecule has 0 spiro atoms. The zero-order chi connectivity index (χ0) is 14.1. The molecule has 0 unspecified atom stereocenters. The first-order valence-electron chi connectivity index (χ1n) is 6.31. The topological polar surface area (TPSA) is 81.2 Å². The predicted molar refractivity (Wildman–Crippen MR) is 71.7 cm³/mol. The van der Waals surface area contributed by atoms with Crippen molar-refractivity contribution in [3.8, 4) is 0 Å². The highest BCUT2D eigenvalue weighted by molar-refractivity contribution is 5.93. The Balaban J connectivity index is 1.94. The fraction of sp³-hybridized carbons (Fsp3) is 0.214. The molecule has 1 N–H and O–H groups in total. The summed E-state index contributed by atoms with van der Waals surface area (Å²) >= 11 is 0. The van der Waals surface area contributed by atoms with Crippen molar-refractivity contribution in [1.29, 1.82) is 0 Å². The molecule has 0 saturated carbocycles. The van der Waals surface area contributed by atoms with Crippen LogP contribution in [0.2, 0.25) is 0 Å². The molecule has 0 aliphatic heterocycles. The number of hydrogen-bond acceptors (Lipinski definition) is 4. The number of aryl methyl sites for hydroxylation is 1. The first-order valence-corrected chi connectivity index (χ1v) is 6.31. The van der Waals surface area contributed by atoms with Gasteiger partial charge in [0.1, 0.15) is 6.54 Å². The molecule has 0 amide bonds. The van der Waals surface area contributed by atoms with Gasteiger partial charge in [-0.1, -0.05) is 6.92 Å². The van der Waals surface area contributed by atoms with Gasteiger partial charge in [-0.3, -0.25) is 0 Å². The van der Waals surface area contributed by atoms with Crippen LogP contribution >= 0.6 is 0 Å². The standard InChI is InChI=1S/C14H13N3O3/c1-2-12-15-16-13(20-12)8-17-6-5-9-7-10(14(18)19)3-4-11(9)17/h3-7H,2,8H2,1H3,(H,18,19). The third-order valence-electron chi connectivity index (χ3n) is 3.13. The summed E-state index contributed by atoms with van der Waals surface area (Å²) in [5.74, 6) is 0.232. The monoisotopic (exact) mass is 271 g/mol. The molecule has 0 saturated heterocycles. The van der Waals surface area contributed by atoms with Crippen molar-refractivity contribution in [3.05, 3.63) is 47.8 Å². The Kier molecular flexibility index (Phi) is 2.98. The van der Waals surface area contributed by atoms with Crippen molar-refractivity contribution < 1.29 is 14.3 Å². The van der Waals surface area contributed by atoms with Gasteiger partial charge in [-0.15, -0.1) is 10.2 Å². The number of fused-ring (bicyclic) bond motifs is 1. The number of carbonyl (C=O) groups is 1.